The molecule has 2 N–H and O–H groups in total. The molecule has 1 aliphatic rings. The summed E-state index contributed by atoms with van der Waals surface area (Å²) < 4.78 is 0. The number of β-amino-alcohol motifs (C(OH)–C–C–N with tert-alkyl or cyclic N) is 1. The number of anilines is 1. The van der Waals surface area contributed by atoms with Crippen LogP contribution in [-0.4, -0.2) is 63.3 Å². The van der Waals surface area contributed by atoms with Crippen molar-refractivity contribution in [3.8, 4) is 22.4 Å². The first-order valence-electron chi connectivity index (χ1n) is 13.4. The fourth-order valence-corrected chi connectivity index (χ4v) is 5.21. The van der Waals surface area contributed by atoms with Crippen LogP contribution in [0.1, 0.15) is 44.6 Å². The molecule has 4 heterocycles. The van der Waals surface area contributed by atoms with E-state index in [2.05, 4.69) is 69.2 Å². The Hall–Kier alpha value is -3.22. The van der Waals surface area contributed by atoms with Crippen LogP contribution in [0, 0.1) is 20.8 Å². The average molecular weight is 500 g/mol. The molecule has 0 radical (unpaired) electrons. The summed E-state index contributed by atoms with van der Waals surface area (Å²) in [4.78, 5) is 17.6. The van der Waals surface area contributed by atoms with Crippen LogP contribution in [0.4, 0.5) is 5.82 Å². The number of benzene rings is 1. The first kappa shape index (κ1) is 26.8. The molecule has 0 saturated carbocycles. The van der Waals surface area contributed by atoms with Gasteiger partial charge >= 0.3 is 0 Å². The van der Waals surface area contributed by atoms with Gasteiger partial charge in [-0.3, -0.25) is 9.88 Å². The van der Waals surface area contributed by atoms with Crippen LogP contribution in [0.2, 0.25) is 0 Å². The molecule has 1 aliphatic heterocycles. The minimum absolute atomic E-state index is 0.655. The summed E-state index contributed by atoms with van der Waals surface area (Å²) in [5.41, 5.74) is 8.40. The van der Waals surface area contributed by atoms with Crippen molar-refractivity contribution in [1.29, 1.82) is 0 Å². The lowest BCUT2D eigenvalue weighted by molar-refractivity contribution is 0.0344. The van der Waals surface area contributed by atoms with Crippen LogP contribution >= 0.6 is 0 Å². The number of aromatic amines is 1. The van der Waals surface area contributed by atoms with Crippen molar-refractivity contribution in [2.75, 3.05) is 37.6 Å². The highest BCUT2D eigenvalue weighted by molar-refractivity contribution is 5.93. The zero-order valence-corrected chi connectivity index (χ0v) is 23.4. The smallest absolute Gasteiger partial charge is 0.128 e. The van der Waals surface area contributed by atoms with E-state index >= 15 is 0 Å². The fraction of sp³-hybridized carbons (Fsp3) is 0.419. The average Bonchev–Trinajstić information content (AvgIpc) is 3.20. The van der Waals surface area contributed by atoms with Gasteiger partial charge in [-0.15, -0.1) is 0 Å². The van der Waals surface area contributed by atoms with Gasteiger partial charge in [-0.05, 0) is 76.1 Å². The van der Waals surface area contributed by atoms with Gasteiger partial charge in [-0.2, -0.15) is 0 Å². The Kier molecular flexibility index (Phi) is 8.00. The molecule has 0 spiro atoms. The lowest BCUT2D eigenvalue weighted by atomic mass is 10.0. The number of aryl methyl sites for hydroxylation is 3. The summed E-state index contributed by atoms with van der Waals surface area (Å²) in [7, 11) is 0. The predicted octanol–water partition coefficient (Wildman–Crippen LogP) is 6.14. The molecule has 6 nitrogen and oxygen atoms in total. The van der Waals surface area contributed by atoms with Gasteiger partial charge in [0.15, 0.2) is 0 Å². The van der Waals surface area contributed by atoms with Crippen LogP contribution in [-0.2, 0) is 0 Å². The molecule has 196 valence electrons. The van der Waals surface area contributed by atoms with E-state index in [9.17, 15) is 5.11 Å². The van der Waals surface area contributed by atoms with Gasteiger partial charge < -0.3 is 15.0 Å². The molecule has 0 bridgehead atoms. The van der Waals surface area contributed by atoms with Crippen molar-refractivity contribution >= 4 is 16.7 Å². The van der Waals surface area contributed by atoms with E-state index in [0.29, 0.717) is 6.54 Å². The molecule has 0 amide bonds. The van der Waals surface area contributed by atoms with E-state index in [-0.39, 0.29) is 0 Å². The first-order valence-corrected chi connectivity index (χ1v) is 13.4. The minimum Gasteiger partial charge on any atom is -0.389 e. The van der Waals surface area contributed by atoms with Gasteiger partial charge in [0.1, 0.15) is 5.82 Å². The Bertz CT molecular complexity index is 1320. The molecule has 4 aromatic rings. The maximum absolute atomic E-state index is 10.1. The van der Waals surface area contributed by atoms with E-state index in [0.717, 1.165) is 65.7 Å². The van der Waals surface area contributed by atoms with Gasteiger partial charge in [-0.25, -0.2) is 4.98 Å². The van der Waals surface area contributed by atoms with Crippen molar-refractivity contribution in [3.63, 3.8) is 0 Å². The molecular weight excluding hydrogens is 458 g/mol. The van der Waals surface area contributed by atoms with E-state index < -0.39 is 5.60 Å². The van der Waals surface area contributed by atoms with Gasteiger partial charge in [0.25, 0.3) is 0 Å². The summed E-state index contributed by atoms with van der Waals surface area (Å²) in [5.74, 6) is 1.01. The second-order valence-corrected chi connectivity index (χ2v) is 10.5. The van der Waals surface area contributed by atoms with Crippen LogP contribution < -0.4 is 4.90 Å². The number of nitrogens with one attached hydrogen (secondary N) is 1. The van der Waals surface area contributed by atoms with Crippen molar-refractivity contribution < 1.29 is 5.11 Å². The summed E-state index contributed by atoms with van der Waals surface area (Å²) in [6, 6.07) is 15.2. The highest BCUT2D eigenvalue weighted by Gasteiger charge is 2.23. The molecule has 37 heavy (non-hydrogen) atoms. The van der Waals surface area contributed by atoms with Crippen LogP contribution in [0.5, 0.6) is 0 Å². The number of H-pyrrole nitrogens is 1. The Labute approximate surface area is 221 Å². The Balaban J connectivity index is 0.00000156. The minimum atomic E-state index is -0.655. The Morgan fingerprint density at radius 1 is 0.865 bits per heavy atom. The number of nitrogens with zero attached hydrogens (tertiary/aromatic N) is 4. The van der Waals surface area contributed by atoms with Gasteiger partial charge in [0, 0.05) is 78.0 Å². The molecule has 1 aromatic carbocycles. The van der Waals surface area contributed by atoms with E-state index in [1.54, 1.807) is 0 Å². The third kappa shape index (κ3) is 6.20. The van der Waals surface area contributed by atoms with E-state index in [4.69, 9.17) is 4.98 Å². The molecule has 3 aromatic heterocycles. The number of fused-ring (bicyclic) bond motifs is 1. The quantitative estimate of drug-likeness (QED) is 0.345. The molecule has 1 fully saturated rings. The largest absolute Gasteiger partial charge is 0.389 e. The van der Waals surface area contributed by atoms with Crippen molar-refractivity contribution in [2.24, 2.45) is 0 Å². The lowest BCUT2D eigenvalue weighted by Crippen LogP contribution is -2.50. The second-order valence-electron chi connectivity index (χ2n) is 10.5. The molecule has 1 saturated heterocycles. The molecular formula is C31H41N5O. The number of aliphatic hydroxyl groups is 1. The van der Waals surface area contributed by atoms with E-state index in [1.807, 2.05) is 47.7 Å². The summed E-state index contributed by atoms with van der Waals surface area (Å²) >= 11 is 0. The second kappa shape index (κ2) is 11.0. The predicted molar refractivity (Wildman–Crippen MR) is 155 cm³/mol. The maximum Gasteiger partial charge on any atom is 0.128 e. The third-order valence-electron chi connectivity index (χ3n) is 6.82. The van der Waals surface area contributed by atoms with Crippen LogP contribution in [0.15, 0.2) is 48.7 Å². The number of piperazine rings is 1. The molecule has 6 heteroatoms. The zero-order valence-electron chi connectivity index (χ0n) is 23.4. The normalized spacial score (nSPS) is 14.5. The van der Waals surface area contributed by atoms with Crippen molar-refractivity contribution in [2.45, 2.75) is 54.1 Å². The maximum atomic E-state index is 10.1. The van der Waals surface area contributed by atoms with Gasteiger partial charge in [0.05, 0.1) is 5.60 Å². The van der Waals surface area contributed by atoms with Gasteiger partial charge in [-0.1, -0.05) is 26.0 Å². The topological polar surface area (TPSA) is 68.3 Å². The summed E-state index contributed by atoms with van der Waals surface area (Å²) in [6.45, 7) is 18.4. The Morgan fingerprint density at radius 3 is 2.11 bits per heavy atom. The van der Waals surface area contributed by atoms with Crippen molar-refractivity contribution in [1.82, 2.24) is 19.9 Å². The summed E-state index contributed by atoms with van der Waals surface area (Å²) in [5, 5.41) is 11.3. The number of hydrogen-bond acceptors (Lipinski definition) is 5. The lowest BCUT2D eigenvalue weighted by Gasteiger charge is -2.37. The highest BCUT2D eigenvalue weighted by atomic mass is 16.3. The Morgan fingerprint density at radius 2 is 1.51 bits per heavy atom. The number of aromatic nitrogens is 3. The third-order valence-corrected chi connectivity index (χ3v) is 6.82. The first-order chi connectivity index (χ1) is 17.7. The SMILES string of the molecule is CC.Cc1cc(-c2[nH]c3cc(-c4ccc(N5CCN(CC(C)(C)O)CC5)nc4)ccc3c2C)cc(C)n1. The van der Waals surface area contributed by atoms with Crippen molar-refractivity contribution in [3.05, 3.63) is 65.6 Å². The van der Waals surface area contributed by atoms with E-state index in [1.165, 1.54) is 16.5 Å². The monoisotopic (exact) mass is 499 g/mol. The molecule has 0 unspecified atom stereocenters. The summed E-state index contributed by atoms with van der Waals surface area (Å²) in [6.07, 6.45) is 1.98. The zero-order chi connectivity index (χ0) is 26.7. The standard InChI is InChI=1S/C29H35N5O.C2H6/c1-19-14-24(15-20(2)31-19)28-21(3)25-8-6-22(16-26(25)32-28)23-7-9-27(30-17-23)34-12-10-33(11-13-34)18-29(4,5)35;1-2/h6-9,14-17,32,35H,10-13,18H2,1-5H3;1-2H3. The van der Waals surface area contributed by atoms with Crippen LogP contribution in [0.25, 0.3) is 33.3 Å². The molecule has 5 rings (SSSR count). The number of rotatable bonds is 5. The highest BCUT2D eigenvalue weighted by Crippen LogP contribution is 2.33. The fourth-order valence-electron chi connectivity index (χ4n) is 5.21. The number of hydrogen-bond donors (Lipinski definition) is 2. The van der Waals surface area contributed by atoms with Crippen LogP contribution in [0.3, 0.4) is 0 Å². The van der Waals surface area contributed by atoms with Gasteiger partial charge in [0.2, 0.25) is 0 Å². The number of pyridine rings is 2. The molecule has 0 aliphatic carbocycles. The molecule has 0 atom stereocenters.